The fourth-order valence-electron chi connectivity index (χ4n) is 2.59. The van der Waals surface area contributed by atoms with E-state index in [0.717, 1.165) is 22.6 Å². The molecule has 138 valence electrons. The van der Waals surface area contributed by atoms with Crippen molar-refractivity contribution in [3.63, 3.8) is 0 Å². The Morgan fingerprint density at radius 3 is 2.15 bits per heavy atom. The molecule has 3 N–H and O–H groups in total. The predicted molar refractivity (Wildman–Crippen MR) is 110 cm³/mol. The van der Waals surface area contributed by atoms with Gasteiger partial charge in [-0.1, -0.05) is 11.6 Å². The third-order valence-electron chi connectivity index (χ3n) is 3.77. The summed E-state index contributed by atoms with van der Waals surface area (Å²) in [4.78, 5) is 20.0. The first-order valence-electron chi connectivity index (χ1n) is 8.42. The van der Waals surface area contributed by atoms with Gasteiger partial charge in [0.05, 0.1) is 0 Å². The van der Waals surface area contributed by atoms with Crippen LogP contribution in [-0.2, 0) is 4.79 Å². The zero-order valence-corrected chi connectivity index (χ0v) is 16.1. The molecule has 0 unspecified atom stereocenters. The van der Waals surface area contributed by atoms with E-state index in [-0.39, 0.29) is 5.91 Å². The number of anilines is 5. The molecule has 0 saturated heterocycles. The Balaban J connectivity index is 1.77. The number of hydrogen-bond donors (Lipinski definition) is 3. The van der Waals surface area contributed by atoms with Crippen molar-refractivity contribution in [2.24, 2.45) is 0 Å². The van der Waals surface area contributed by atoms with Crippen molar-refractivity contribution in [1.82, 2.24) is 9.97 Å². The number of benzene rings is 2. The van der Waals surface area contributed by atoms with Gasteiger partial charge in [-0.15, -0.1) is 0 Å². The third kappa shape index (κ3) is 5.18. The molecule has 3 rings (SSSR count). The highest BCUT2D eigenvalue weighted by atomic mass is 35.5. The number of carbonyl (C=O) groups is 1. The zero-order chi connectivity index (χ0) is 19.4. The summed E-state index contributed by atoms with van der Waals surface area (Å²) in [5.41, 5.74) is 3.56. The molecule has 1 heterocycles. The maximum atomic E-state index is 11.1. The second kappa shape index (κ2) is 8.05. The summed E-state index contributed by atoms with van der Waals surface area (Å²) >= 11 is 6.01. The average molecular weight is 382 g/mol. The molecule has 0 spiro atoms. The smallest absolute Gasteiger partial charge is 0.221 e. The molecule has 1 amide bonds. The van der Waals surface area contributed by atoms with Crippen LogP contribution >= 0.6 is 11.6 Å². The first kappa shape index (κ1) is 18.7. The molecule has 0 bridgehead atoms. The summed E-state index contributed by atoms with van der Waals surface area (Å²) in [7, 11) is 0. The van der Waals surface area contributed by atoms with Gasteiger partial charge in [0.15, 0.2) is 0 Å². The number of amides is 1. The van der Waals surface area contributed by atoms with Gasteiger partial charge in [0.25, 0.3) is 0 Å². The van der Waals surface area contributed by atoms with E-state index in [9.17, 15) is 4.79 Å². The van der Waals surface area contributed by atoms with Gasteiger partial charge in [-0.25, -0.2) is 9.97 Å². The maximum absolute atomic E-state index is 11.1. The molecule has 6 nitrogen and oxygen atoms in total. The topological polar surface area (TPSA) is 78.9 Å². The average Bonchev–Trinajstić information content (AvgIpc) is 2.58. The number of rotatable bonds is 5. The molecule has 0 fully saturated rings. The minimum absolute atomic E-state index is 0.102. The molecule has 7 heteroatoms. The van der Waals surface area contributed by atoms with Crippen molar-refractivity contribution in [2.45, 2.75) is 20.8 Å². The molecular formula is C20H20ClN5O. The molecule has 0 saturated carbocycles. The molecule has 0 aliphatic rings. The Bertz CT molecular complexity index is 973. The molecule has 1 aromatic heterocycles. The Hall–Kier alpha value is -3.12. The van der Waals surface area contributed by atoms with Gasteiger partial charge < -0.3 is 16.0 Å². The lowest BCUT2D eigenvalue weighted by Gasteiger charge is -2.12. The first-order valence-corrected chi connectivity index (χ1v) is 8.80. The Kier molecular flexibility index (Phi) is 5.57. The molecule has 0 aliphatic heterocycles. The van der Waals surface area contributed by atoms with Crippen LogP contribution in [0.3, 0.4) is 0 Å². The Morgan fingerprint density at radius 2 is 1.52 bits per heavy atom. The number of hydrogen-bond acceptors (Lipinski definition) is 5. The van der Waals surface area contributed by atoms with Crippen LogP contribution in [-0.4, -0.2) is 15.9 Å². The first-order chi connectivity index (χ1) is 12.9. The fourth-order valence-corrected chi connectivity index (χ4v) is 2.82. The molecule has 0 radical (unpaired) electrons. The van der Waals surface area contributed by atoms with E-state index in [4.69, 9.17) is 11.6 Å². The van der Waals surface area contributed by atoms with E-state index in [1.165, 1.54) is 6.92 Å². The zero-order valence-electron chi connectivity index (χ0n) is 15.3. The number of nitrogens with one attached hydrogen (secondary N) is 3. The second-order valence-electron chi connectivity index (χ2n) is 6.15. The van der Waals surface area contributed by atoms with Crippen LogP contribution in [0.5, 0.6) is 0 Å². The summed E-state index contributed by atoms with van der Waals surface area (Å²) in [6.07, 6.45) is 0. The SMILES string of the molecule is CC(=O)Nc1ccc(Nc2cc(Nc3ccc(Cl)cc3C)nc(C)n2)cc1. The highest BCUT2D eigenvalue weighted by Crippen LogP contribution is 2.25. The summed E-state index contributed by atoms with van der Waals surface area (Å²) in [6, 6.07) is 14.9. The standard InChI is InChI=1S/C20H20ClN5O/c1-12-10-15(21)4-9-18(12)26-20-11-19(22-13(2)23-20)25-17-7-5-16(6-8-17)24-14(3)27/h4-11H,1-3H3,(H,24,27)(H2,22,23,25,26). The lowest BCUT2D eigenvalue weighted by Crippen LogP contribution is -2.05. The van der Waals surface area contributed by atoms with Crippen LogP contribution in [0.4, 0.5) is 28.7 Å². The van der Waals surface area contributed by atoms with Gasteiger partial charge >= 0.3 is 0 Å². The van der Waals surface area contributed by atoms with E-state index >= 15 is 0 Å². The molecule has 2 aromatic carbocycles. The van der Waals surface area contributed by atoms with Crippen molar-refractivity contribution in [2.75, 3.05) is 16.0 Å². The van der Waals surface area contributed by atoms with Gasteiger partial charge in [-0.05, 0) is 61.9 Å². The van der Waals surface area contributed by atoms with Crippen molar-refractivity contribution < 1.29 is 4.79 Å². The summed E-state index contributed by atoms with van der Waals surface area (Å²) in [6.45, 7) is 5.30. The van der Waals surface area contributed by atoms with Gasteiger partial charge in [0.1, 0.15) is 17.5 Å². The molecule has 3 aromatic rings. The minimum atomic E-state index is -0.102. The minimum Gasteiger partial charge on any atom is -0.340 e. The number of aromatic nitrogens is 2. The molecule has 0 atom stereocenters. The van der Waals surface area contributed by atoms with E-state index in [2.05, 4.69) is 25.9 Å². The highest BCUT2D eigenvalue weighted by Gasteiger charge is 2.06. The lowest BCUT2D eigenvalue weighted by molar-refractivity contribution is -0.114. The van der Waals surface area contributed by atoms with Gasteiger partial charge in [0.2, 0.25) is 5.91 Å². The highest BCUT2D eigenvalue weighted by molar-refractivity contribution is 6.30. The van der Waals surface area contributed by atoms with Crippen LogP contribution in [0.25, 0.3) is 0 Å². The van der Waals surface area contributed by atoms with Crippen LogP contribution in [0.15, 0.2) is 48.5 Å². The third-order valence-corrected chi connectivity index (χ3v) is 4.00. The Morgan fingerprint density at radius 1 is 0.889 bits per heavy atom. The largest absolute Gasteiger partial charge is 0.340 e. The van der Waals surface area contributed by atoms with E-state index in [0.29, 0.717) is 22.5 Å². The van der Waals surface area contributed by atoms with Crippen LogP contribution in [0.2, 0.25) is 5.02 Å². The fraction of sp³-hybridized carbons (Fsp3) is 0.150. The summed E-state index contributed by atoms with van der Waals surface area (Å²) in [5.74, 6) is 1.90. The van der Waals surface area contributed by atoms with Crippen LogP contribution in [0.1, 0.15) is 18.3 Å². The number of halogens is 1. The maximum Gasteiger partial charge on any atom is 0.221 e. The van der Waals surface area contributed by atoms with Gasteiger partial charge in [-0.3, -0.25) is 4.79 Å². The summed E-state index contributed by atoms with van der Waals surface area (Å²) < 4.78 is 0. The lowest BCUT2D eigenvalue weighted by atomic mass is 10.2. The van der Waals surface area contributed by atoms with E-state index in [1.807, 2.05) is 62.4 Å². The monoisotopic (exact) mass is 381 g/mol. The van der Waals surface area contributed by atoms with E-state index in [1.54, 1.807) is 0 Å². The number of aryl methyl sites for hydroxylation is 2. The van der Waals surface area contributed by atoms with E-state index < -0.39 is 0 Å². The van der Waals surface area contributed by atoms with Crippen LogP contribution in [0, 0.1) is 13.8 Å². The number of carbonyl (C=O) groups excluding carboxylic acids is 1. The molecular weight excluding hydrogens is 362 g/mol. The second-order valence-corrected chi connectivity index (χ2v) is 6.59. The van der Waals surface area contributed by atoms with Gasteiger partial charge in [-0.2, -0.15) is 0 Å². The number of nitrogens with zero attached hydrogens (tertiary/aromatic N) is 2. The molecule has 0 aliphatic carbocycles. The molecule has 27 heavy (non-hydrogen) atoms. The van der Waals surface area contributed by atoms with Crippen LogP contribution < -0.4 is 16.0 Å². The summed E-state index contributed by atoms with van der Waals surface area (Å²) in [5, 5.41) is 9.99. The quantitative estimate of drug-likeness (QED) is 0.566. The normalized spacial score (nSPS) is 10.4. The van der Waals surface area contributed by atoms with Crippen molar-refractivity contribution in [3.05, 3.63) is 64.9 Å². The predicted octanol–water partition coefficient (Wildman–Crippen LogP) is 5.19. The van der Waals surface area contributed by atoms with Gasteiger partial charge in [0, 0.05) is 35.1 Å². The Labute approximate surface area is 163 Å². The van der Waals surface area contributed by atoms with Crippen molar-refractivity contribution in [3.8, 4) is 0 Å². The van der Waals surface area contributed by atoms with Crippen molar-refractivity contribution >= 4 is 46.2 Å². The van der Waals surface area contributed by atoms with Crippen molar-refractivity contribution in [1.29, 1.82) is 0 Å².